The minimum Gasteiger partial charge on any atom is -0.504 e. The van der Waals surface area contributed by atoms with Crippen molar-refractivity contribution in [2.75, 3.05) is 7.11 Å². The maximum absolute atomic E-state index is 11.8. The number of Topliss-reactive ketones (excluding diaryl/α,β-unsaturated/α-hetero) is 1. The van der Waals surface area contributed by atoms with Gasteiger partial charge in [-0.1, -0.05) is 0 Å². The van der Waals surface area contributed by atoms with E-state index in [0.717, 1.165) is 0 Å². The van der Waals surface area contributed by atoms with Crippen LogP contribution in [0.15, 0.2) is 21.3 Å². The smallest absolute Gasteiger partial charge is 0.340 e. The summed E-state index contributed by atoms with van der Waals surface area (Å²) in [6, 6.07) is 2.92. The molecule has 0 amide bonds. The highest BCUT2D eigenvalue weighted by Crippen LogP contribution is 2.32. The van der Waals surface area contributed by atoms with Gasteiger partial charge in [0.2, 0.25) is 0 Å². The molecular formula is C14H14O5. The zero-order valence-corrected chi connectivity index (χ0v) is 10.9. The van der Waals surface area contributed by atoms with E-state index >= 15 is 0 Å². The van der Waals surface area contributed by atoms with Crippen LogP contribution in [0.2, 0.25) is 0 Å². The maximum atomic E-state index is 11.8. The molecule has 100 valence electrons. The van der Waals surface area contributed by atoms with Gasteiger partial charge in [-0.05, 0) is 25.5 Å². The van der Waals surface area contributed by atoms with E-state index in [4.69, 9.17) is 9.15 Å². The zero-order chi connectivity index (χ0) is 14.2. The average Bonchev–Trinajstić information content (AvgIpc) is 2.33. The van der Waals surface area contributed by atoms with Gasteiger partial charge >= 0.3 is 5.63 Å². The molecule has 0 aliphatic rings. The van der Waals surface area contributed by atoms with Crippen molar-refractivity contribution >= 4 is 16.8 Å². The number of carbonyl (C=O) groups is 1. The van der Waals surface area contributed by atoms with Gasteiger partial charge < -0.3 is 14.3 Å². The van der Waals surface area contributed by atoms with Crippen LogP contribution in [0.1, 0.15) is 18.1 Å². The highest BCUT2D eigenvalue weighted by molar-refractivity contribution is 5.86. The van der Waals surface area contributed by atoms with Gasteiger partial charge in [-0.25, -0.2) is 4.79 Å². The third-order valence-electron chi connectivity index (χ3n) is 3.01. The number of phenols is 1. The van der Waals surface area contributed by atoms with Crippen molar-refractivity contribution in [3.05, 3.63) is 33.7 Å². The molecule has 0 spiro atoms. The topological polar surface area (TPSA) is 76.7 Å². The molecule has 2 aromatic rings. The predicted molar refractivity (Wildman–Crippen MR) is 69.8 cm³/mol. The molecule has 1 N–H and O–H groups in total. The number of phenolic OH excluding ortho intramolecular Hbond substituents is 1. The molecule has 1 aromatic heterocycles. The maximum Gasteiger partial charge on any atom is 0.340 e. The Labute approximate surface area is 109 Å². The second-order valence-electron chi connectivity index (χ2n) is 4.39. The number of aromatic hydroxyl groups is 1. The fourth-order valence-electron chi connectivity index (χ4n) is 2.02. The van der Waals surface area contributed by atoms with Gasteiger partial charge in [0.25, 0.3) is 0 Å². The number of rotatable bonds is 3. The second kappa shape index (κ2) is 4.76. The molecule has 1 heterocycles. The van der Waals surface area contributed by atoms with E-state index in [1.165, 1.54) is 20.1 Å². The van der Waals surface area contributed by atoms with E-state index < -0.39 is 5.63 Å². The fraction of sp³-hybridized carbons (Fsp3) is 0.286. The first-order valence-corrected chi connectivity index (χ1v) is 5.76. The van der Waals surface area contributed by atoms with Crippen LogP contribution in [0.5, 0.6) is 11.5 Å². The van der Waals surface area contributed by atoms with Crippen molar-refractivity contribution in [2.45, 2.75) is 20.3 Å². The van der Waals surface area contributed by atoms with Gasteiger partial charge in [0, 0.05) is 23.4 Å². The first-order chi connectivity index (χ1) is 8.93. The first kappa shape index (κ1) is 13.1. The summed E-state index contributed by atoms with van der Waals surface area (Å²) in [6.07, 6.45) is 0.0350. The lowest BCUT2D eigenvalue weighted by atomic mass is 10.0. The molecule has 0 bridgehead atoms. The number of hydrogen-bond donors (Lipinski definition) is 1. The van der Waals surface area contributed by atoms with Gasteiger partial charge in [-0.15, -0.1) is 0 Å². The highest BCUT2D eigenvalue weighted by atomic mass is 16.5. The summed E-state index contributed by atoms with van der Waals surface area (Å²) in [7, 11) is 1.44. The Bertz CT molecular complexity index is 712. The van der Waals surface area contributed by atoms with Crippen LogP contribution < -0.4 is 10.4 Å². The Balaban J connectivity index is 2.78. The van der Waals surface area contributed by atoms with E-state index in [2.05, 4.69) is 0 Å². The Morgan fingerprint density at radius 2 is 2.11 bits per heavy atom. The molecule has 0 aliphatic heterocycles. The molecule has 0 unspecified atom stereocenters. The van der Waals surface area contributed by atoms with Crippen LogP contribution in [-0.2, 0) is 11.2 Å². The zero-order valence-electron chi connectivity index (χ0n) is 10.9. The Hall–Kier alpha value is -2.30. The minimum absolute atomic E-state index is 0.0350. The molecule has 5 heteroatoms. The van der Waals surface area contributed by atoms with E-state index in [-0.39, 0.29) is 23.5 Å². The Morgan fingerprint density at radius 3 is 2.68 bits per heavy atom. The first-order valence-electron chi connectivity index (χ1n) is 5.76. The number of fused-ring (bicyclic) bond motifs is 1. The molecule has 0 fully saturated rings. The molecule has 0 aliphatic carbocycles. The molecule has 5 nitrogen and oxygen atoms in total. The van der Waals surface area contributed by atoms with Crippen molar-refractivity contribution in [1.82, 2.24) is 0 Å². The Morgan fingerprint density at radius 1 is 1.42 bits per heavy atom. The number of hydrogen-bond acceptors (Lipinski definition) is 5. The highest BCUT2D eigenvalue weighted by Gasteiger charge is 2.15. The summed E-state index contributed by atoms with van der Waals surface area (Å²) >= 11 is 0. The van der Waals surface area contributed by atoms with Crippen LogP contribution in [-0.4, -0.2) is 18.0 Å². The number of methoxy groups -OCH3 is 1. The summed E-state index contributed by atoms with van der Waals surface area (Å²) in [5.74, 6) is 0.0792. The second-order valence-corrected chi connectivity index (χ2v) is 4.39. The largest absolute Gasteiger partial charge is 0.504 e. The molecule has 1 aromatic carbocycles. The average molecular weight is 262 g/mol. The molecule has 0 atom stereocenters. The van der Waals surface area contributed by atoms with Crippen molar-refractivity contribution in [3.63, 3.8) is 0 Å². The minimum atomic E-state index is -0.551. The lowest BCUT2D eigenvalue weighted by molar-refractivity contribution is -0.116. The predicted octanol–water partition coefficient (Wildman–Crippen LogP) is 1.95. The molecule has 19 heavy (non-hydrogen) atoms. The number of ether oxygens (including phenoxy) is 1. The lowest BCUT2D eigenvalue weighted by Crippen LogP contribution is -2.13. The van der Waals surface area contributed by atoms with E-state index in [1.54, 1.807) is 13.0 Å². The van der Waals surface area contributed by atoms with Crippen LogP contribution in [0.4, 0.5) is 0 Å². The van der Waals surface area contributed by atoms with Crippen LogP contribution in [0.3, 0.4) is 0 Å². The summed E-state index contributed by atoms with van der Waals surface area (Å²) in [4.78, 5) is 23.0. The number of carbonyl (C=O) groups excluding carboxylic acids is 1. The van der Waals surface area contributed by atoms with Crippen LogP contribution in [0.25, 0.3) is 11.0 Å². The molecule has 0 saturated carbocycles. The van der Waals surface area contributed by atoms with Crippen molar-refractivity contribution in [3.8, 4) is 11.5 Å². The van der Waals surface area contributed by atoms with Gasteiger partial charge in [0.05, 0.1) is 7.11 Å². The van der Waals surface area contributed by atoms with E-state index in [1.807, 2.05) is 0 Å². The quantitative estimate of drug-likeness (QED) is 0.855. The summed E-state index contributed by atoms with van der Waals surface area (Å²) in [6.45, 7) is 3.16. The summed E-state index contributed by atoms with van der Waals surface area (Å²) in [5.41, 5.74) is 0.727. The van der Waals surface area contributed by atoms with E-state index in [0.29, 0.717) is 22.3 Å². The number of ketones is 1. The molecule has 0 saturated heterocycles. The van der Waals surface area contributed by atoms with Crippen molar-refractivity contribution < 1.29 is 19.1 Å². The monoisotopic (exact) mass is 262 g/mol. The van der Waals surface area contributed by atoms with Gasteiger partial charge in [0.15, 0.2) is 11.5 Å². The Kier molecular flexibility index (Phi) is 3.29. The number of aryl methyl sites for hydroxylation is 1. The molecule has 2 rings (SSSR count). The fourth-order valence-corrected chi connectivity index (χ4v) is 2.02. The third-order valence-corrected chi connectivity index (χ3v) is 3.01. The van der Waals surface area contributed by atoms with Crippen LogP contribution >= 0.6 is 0 Å². The number of benzene rings is 1. The SMILES string of the molecule is COc1cc2c(C)c(CC(C)=O)c(=O)oc2cc1O. The summed E-state index contributed by atoms with van der Waals surface area (Å²) in [5, 5.41) is 10.3. The van der Waals surface area contributed by atoms with Crippen molar-refractivity contribution in [1.29, 1.82) is 0 Å². The van der Waals surface area contributed by atoms with Crippen molar-refractivity contribution in [2.24, 2.45) is 0 Å². The van der Waals surface area contributed by atoms with Crippen LogP contribution in [0, 0.1) is 6.92 Å². The molecular weight excluding hydrogens is 248 g/mol. The van der Waals surface area contributed by atoms with Gasteiger partial charge in [-0.3, -0.25) is 4.79 Å². The van der Waals surface area contributed by atoms with Gasteiger partial charge in [0.1, 0.15) is 11.4 Å². The summed E-state index contributed by atoms with van der Waals surface area (Å²) < 4.78 is 10.2. The third kappa shape index (κ3) is 2.31. The van der Waals surface area contributed by atoms with Gasteiger partial charge in [-0.2, -0.15) is 0 Å². The standard InChI is InChI=1S/C14H14O5/c1-7(15)4-10-8(2)9-5-13(18-3)11(16)6-12(9)19-14(10)17/h5-6,16H,4H2,1-3H3. The van der Waals surface area contributed by atoms with E-state index in [9.17, 15) is 14.7 Å². The lowest BCUT2D eigenvalue weighted by Gasteiger charge is -2.09. The molecule has 0 radical (unpaired) electrons. The normalized spacial score (nSPS) is 10.7.